The molecule has 0 aliphatic rings. The summed E-state index contributed by atoms with van der Waals surface area (Å²) in [7, 11) is 0. The van der Waals surface area contributed by atoms with E-state index in [9.17, 15) is 26.3 Å². The summed E-state index contributed by atoms with van der Waals surface area (Å²) >= 11 is 0. The smallest absolute Gasteiger partial charge is 0.308 e. The molecule has 0 saturated carbocycles. The second-order valence-electron chi connectivity index (χ2n) is 18.5. The molecule has 11 heteroatoms. The third-order valence-electron chi connectivity index (χ3n) is 13.6. The number of aromatic nitrogens is 4. The number of hydrogen-bond acceptors (Lipinski definition) is 2. The van der Waals surface area contributed by atoms with Crippen LogP contribution in [0.5, 0.6) is 0 Å². The first-order chi connectivity index (χ1) is 35.7. The van der Waals surface area contributed by atoms with Gasteiger partial charge in [-0.25, -0.2) is 14.8 Å². The van der Waals surface area contributed by atoms with E-state index in [1.165, 1.54) is 12.1 Å². The minimum absolute atomic E-state index is 0.262. The average Bonchev–Trinajstić information content (AvgIpc) is 3.92. The Kier molecular flexibility index (Phi) is 10.8. The summed E-state index contributed by atoms with van der Waals surface area (Å²) in [4.78, 5) is 14.5. The summed E-state index contributed by atoms with van der Waals surface area (Å²) in [5.74, 6) is 0.315. The van der Waals surface area contributed by atoms with Gasteiger partial charge in [-0.3, -0.25) is 0 Å². The highest BCUT2D eigenvalue weighted by Gasteiger charge is 2.32. The predicted octanol–water partition coefficient (Wildman–Crippen LogP) is 18.2. The Morgan fingerprint density at radius 2 is 0.811 bits per heavy atom. The van der Waals surface area contributed by atoms with Gasteiger partial charge in [-0.15, -0.1) is 0 Å². The van der Waals surface area contributed by atoms with Crippen LogP contribution in [0.1, 0.15) is 22.3 Å². The molecule has 0 aliphatic heterocycles. The topological polar surface area (TPSA) is 40.0 Å². The van der Waals surface area contributed by atoms with Crippen LogP contribution in [0.15, 0.2) is 200 Å². The van der Waals surface area contributed by atoms with Gasteiger partial charge in [0, 0.05) is 38.2 Å². The van der Waals surface area contributed by atoms with Crippen LogP contribution in [0.4, 0.5) is 32.0 Å². The molecule has 0 N–H and O–H groups in total. The Hall–Kier alpha value is -9.27. The van der Waals surface area contributed by atoms with Gasteiger partial charge in [0.25, 0.3) is 0 Å². The van der Waals surface area contributed by atoms with Crippen LogP contribution in [0.25, 0.3) is 116 Å². The maximum Gasteiger partial charge on any atom is 0.416 e. The summed E-state index contributed by atoms with van der Waals surface area (Å²) in [6.07, 6.45) is -9.07. The predicted molar refractivity (Wildman–Crippen MR) is 284 cm³/mol. The van der Waals surface area contributed by atoms with Crippen LogP contribution in [0, 0.1) is 20.4 Å². The zero-order valence-corrected chi connectivity index (χ0v) is 39.6. The number of rotatable bonds is 7. The highest BCUT2D eigenvalue weighted by Crippen LogP contribution is 2.45. The molecule has 3 heterocycles. The van der Waals surface area contributed by atoms with Crippen LogP contribution in [-0.2, 0) is 12.4 Å². The maximum absolute atomic E-state index is 14.2. The van der Waals surface area contributed by atoms with E-state index in [2.05, 4.69) is 14.0 Å². The normalized spacial score (nSPS) is 12.0. The summed E-state index contributed by atoms with van der Waals surface area (Å²) in [5.41, 5.74) is 9.57. The molecule has 0 amide bonds. The first-order valence-corrected chi connectivity index (χ1v) is 23.7. The molecule has 12 rings (SSSR count). The van der Waals surface area contributed by atoms with Gasteiger partial charge in [0.2, 0.25) is 0 Å². The lowest BCUT2D eigenvalue weighted by Crippen LogP contribution is -2.05. The Balaban J connectivity index is 1.17. The number of para-hydroxylation sites is 2. The van der Waals surface area contributed by atoms with E-state index in [-0.39, 0.29) is 5.69 Å². The highest BCUT2D eigenvalue weighted by molar-refractivity contribution is 6.13. The molecule has 0 radical (unpaired) electrons. The summed E-state index contributed by atoms with van der Waals surface area (Å²) in [6, 6.07) is 60.3. The Morgan fingerprint density at radius 1 is 0.392 bits per heavy atom. The van der Waals surface area contributed by atoms with Crippen LogP contribution < -0.4 is 0 Å². The molecular formula is C63H39F6N5. The molecule has 0 atom stereocenters. The summed E-state index contributed by atoms with van der Waals surface area (Å²) in [5, 5.41) is 3.24. The largest absolute Gasteiger partial charge is 0.416 e. The standard InChI is InChI=1S/C63H39F6N5/c1-37-26-43(30-45(28-37)62(64,65)66)41-22-24-57-49(32-41)47-18-10-12-20-55(47)73(57)59-34-51(61-71-52(39-14-6-4-7-15-39)35-53(72-61)40-16-8-5-9-17-40)54(70-3)36-60(59)74-56-21-13-11-19-48(56)50-33-42(23-25-58(50)74)44-27-38(2)29-46(31-44)63(67,68)69/h4-36H,1-2H3. The molecule has 0 fully saturated rings. The molecule has 3 aromatic heterocycles. The highest BCUT2D eigenvalue weighted by atomic mass is 19.4. The number of fused-ring (bicyclic) bond motifs is 6. The fraction of sp³-hybridized carbons (Fsp3) is 0.0635. The Bertz CT molecular complexity index is 4200. The van der Waals surface area contributed by atoms with E-state index in [1.54, 1.807) is 26.0 Å². The van der Waals surface area contributed by atoms with E-state index in [0.717, 1.165) is 66.9 Å². The van der Waals surface area contributed by atoms with Gasteiger partial charge in [0.05, 0.1) is 62.5 Å². The van der Waals surface area contributed by atoms with E-state index < -0.39 is 23.5 Å². The van der Waals surface area contributed by atoms with Crippen molar-refractivity contribution in [3.8, 4) is 67.5 Å². The number of benzene rings is 9. The molecule has 358 valence electrons. The lowest BCUT2D eigenvalue weighted by atomic mass is 9.98. The summed E-state index contributed by atoms with van der Waals surface area (Å²) < 4.78 is 89.2. The Labute approximate surface area is 420 Å². The lowest BCUT2D eigenvalue weighted by Gasteiger charge is -2.20. The molecule has 0 spiro atoms. The van der Waals surface area contributed by atoms with Gasteiger partial charge < -0.3 is 9.13 Å². The monoisotopic (exact) mass is 979 g/mol. The number of nitrogens with zero attached hydrogens (tertiary/aromatic N) is 5. The van der Waals surface area contributed by atoms with Crippen molar-refractivity contribution in [2.75, 3.05) is 0 Å². The van der Waals surface area contributed by atoms with Gasteiger partial charge in [-0.2, -0.15) is 26.3 Å². The molecule has 74 heavy (non-hydrogen) atoms. The second-order valence-corrected chi connectivity index (χ2v) is 18.5. The zero-order chi connectivity index (χ0) is 51.0. The van der Waals surface area contributed by atoms with Gasteiger partial charge in [-0.05, 0) is 126 Å². The molecule has 5 nitrogen and oxygen atoms in total. The van der Waals surface area contributed by atoms with Crippen molar-refractivity contribution in [2.45, 2.75) is 26.2 Å². The molecule has 0 aliphatic carbocycles. The van der Waals surface area contributed by atoms with Gasteiger partial charge in [0.1, 0.15) is 5.82 Å². The minimum atomic E-state index is -4.54. The number of hydrogen-bond donors (Lipinski definition) is 0. The Morgan fingerprint density at radius 3 is 1.26 bits per heavy atom. The van der Waals surface area contributed by atoms with Crippen molar-refractivity contribution in [3.05, 3.63) is 234 Å². The van der Waals surface area contributed by atoms with Crippen LogP contribution >= 0.6 is 0 Å². The van der Waals surface area contributed by atoms with E-state index in [4.69, 9.17) is 16.5 Å². The number of aryl methyl sites for hydroxylation is 2. The fourth-order valence-electron chi connectivity index (χ4n) is 10.3. The van der Waals surface area contributed by atoms with Crippen LogP contribution in [0.2, 0.25) is 0 Å². The molecule has 0 saturated heterocycles. The number of alkyl halides is 6. The first-order valence-electron chi connectivity index (χ1n) is 23.7. The minimum Gasteiger partial charge on any atom is -0.308 e. The van der Waals surface area contributed by atoms with Crippen LogP contribution in [0.3, 0.4) is 0 Å². The van der Waals surface area contributed by atoms with Crippen LogP contribution in [-0.4, -0.2) is 19.1 Å². The maximum atomic E-state index is 14.2. The lowest BCUT2D eigenvalue weighted by molar-refractivity contribution is -0.138. The molecule has 0 unspecified atom stereocenters. The SMILES string of the molecule is [C-]#[N+]c1cc(-n2c3ccccc3c3cc(-c4cc(C)cc(C(F)(F)F)c4)ccc32)c(-n2c3ccccc3c3cc(-c4cc(C)cc(C(F)(F)F)c4)ccc32)cc1-c1nc(-c2ccccc2)cc(-c2ccccc2)n1. The molecular weight excluding hydrogens is 941 g/mol. The van der Waals surface area contributed by atoms with Crippen molar-refractivity contribution in [1.29, 1.82) is 0 Å². The molecule has 9 aromatic carbocycles. The van der Waals surface area contributed by atoms with Crippen molar-refractivity contribution in [2.24, 2.45) is 0 Å². The molecule has 0 bridgehead atoms. The quantitative estimate of drug-likeness (QED) is 0.118. The second kappa shape index (κ2) is 17.5. The van der Waals surface area contributed by atoms with Crippen molar-refractivity contribution < 1.29 is 26.3 Å². The number of halogens is 6. The van der Waals surface area contributed by atoms with E-state index in [1.807, 2.05) is 164 Å². The summed E-state index contributed by atoms with van der Waals surface area (Å²) in [6.45, 7) is 12.1. The average molecular weight is 980 g/mol. The first kappa shape index (κ1) is 45.8. The van der Waals surface area contributed by atoms with Gasteiger partial charge >= 0.3 is 12.4 Å². The third-order valence-corrected chi connectivity index (χ3v) is 13.6. The van der Waals surface area contributed by atoms with Crippen molar-refractivity contribution in [3.63, 3.8) is 0 Å². The fourth-order valence-corrected chi connectivity index (χ4v) is 10.3. The van der Waals surface area contributed by atoms with Crippen molar-refractivity contribution in [1.82, 2.24) is 19.1 Å². The third kappa shape index (κ3) is 8.01. The molecule has 12 aromatic rings. The van der Waals surface area contributed by atoms with Crippen molar-refractivity contribution >= 4 is 49.3 Å². The van der Waals surface area contributed by atoms with Gasteiger partial charge in [-0.1, -0.05) is 121 Å². The van der Waals surface area contributed by atoms with Gasteiger partial charge in [0.15, 0.2) is 5.69 Å². The van der Waals surface area contributed by atoms with E-state index in [0.29, 0.717) is 67.5 Å². The zero-order valence-electron chi connectivity index (χ0n) is 39.6. The van der Waals surface area contributed by atoms with E-state index >= 15 is 0 Å².